The Kier molecular flexibility index (Phi) is 5.45. The van der Waals surface area contributed by atoms with Crippen molar-refractivity contribution in [2.75, 3.05) is 18.9 Å². The molecule has 9 heteroatoms. The molecule has 3 aromatic rings. The lowest BCUT2D eigenvalue weighted by Gasteiger charge is -2.10. The smallest absolute Gasteiger partial charge is 0.262 e. The zero-order valence-electron chi connectivity index (χ0n) is 15.5. The van der Waals surface area contributed by atoms with Crippen LogP contribution in [0.1, 0.15) is 18.4 Å². The van der Waals surface area contributed by atoms with Gasteiger partial charge in [-0.15, -0.1) is 0 Å². The Bertz CT molecular complexity index is 1060. The lowest BCUT2D eigenvalue weighted by Crippen LogP contribution is -2.33. The van der Waals surface area contributed by atoms with Gasteiger partial charge in [-0.2, -0.15) is 5.10 Å². The Morgan fingerprint density at radius 2 is 2.36 bits per heavy atom. The number of thioether (sulfide) groups is 1. The Morgan fingerprint density at radius 3 is 3.14 bits per heavy atom. The van der Waals surface area contributed by atoms with Crippen LogP contribution in [0.25, 0.3) is 16.7 Å². The van der Waals surface area contributed by atoms with E-state index in [4.69, 9.17) is 4.74 Å². The van der Waals surface area contributed by atoms with Crippen LogP contribution < -0.4 is 10.9 Å². The van der Waals surface area contributed by atoms with Gasteiger partial charge in [-0.05, 0) is 37.5 Å². The normalized spacial score (nSPS) is 16.5. The molecular weight excluding hydrogens is 378 g/mol. The number of aryl methyl sites for hydroxylation is 1. The van der Waals surface area contributed by atoms with Crippen molar-refractivity contribution in [2.24, 2.45) is 0 Å². The van der Waals surface area contributed by atoms with E-state index in [2.05, 4.69) is 20.4 Å². The summed E-state index contributed by atoms with van der Waals surface area (Å²) in [4.78, 5) is 31.7. The molecule has 1 unspecified atom stereocenters. The molecule has 4 rings (SSSR count). The largest absolute Gasteiger partial charge is 0.376 e. The minimum Gasteiger partial charge on any atom is -0.376 e. The molecular formula is C19H21N5O3S. The van der Waals surface area contributed by atoms with E-state index in [1.807, 2.05) is 31.2 Å². The van der Waals surface area contributed by atoms with Crippen molar-refractivity contribution in [1.29, 1.82) is 0 Å². The molecule has 0 saturated carbocycles. The Balaban J connectivity index is 1.49. The maximum Gasteiger partial charge on any atom is 0.262 e. The molecule has 1 aromatic carbocycles. The molecule has 1 saturated heterocycles. The number of nitrogens with one attached hydrogen (secondary N) is 2. The van der Waals surface area contributed by atoms with Gasteiger partial charge in [-0.1, -0.05) is 23.9 Å². The van der Waals surface area contributed by atoms with E-state index >= 15 is 0 Å². The second kappa shape index (κ2) is 8.15. The number of nitrogens with zero attached hydrogens (tertiary/aromatic N) is 3. The third-order valence-corrected chi connectivity index (χ3v) is 5.43. The Labute approximate surface area is 165 Å². The number of rotatable bonds is 6. The van der Waals surface area contributed by atoms with Gasteiger partial charge in [-0.3, -0.25) is 9.59 Å². The van der Waals surface area contributed by atoms with E-state index in [-0.39, 0.29) is 23.3 Å². The summed E-state index contributed by atoms with van der Waals surface area (Å²) in [7, 11) is 0. The molecule has 1 atom stereocenters. The molecule has 2 N–H and O–H groups in total. The number of amides is 1. The molecule has 0 bridgehead atoms. The van der Waals surface area contributed by atoms with Gasteiger partial charge in [0.2, 0.25) is 5.91 Å². The fraction of sp³-hybridized carbons (Fsp3) is 0.368. The number of aromatic amines is 1. The van der Waals surface area contributed by atoms with Crippen molar-refractivity contribution in [3.8, 4) is 5.69 Å². The zero-order valence-corrected chi connectivity index (χ0v) is 16.3. The highest BCUT2D eigenvalue weighted by atomic mass is 32.2. The third-order valence-electron chi connectivity index (χ3n) is 4.55. The fourth-order valence-corrected chi connectivity index (χ4v) is 3.82. The van der Waals surface area contributed by atoms with Gasteiger partial charge >= 0.3 is 0 Å². The van der Waals surface area contributed by atoms with Crippen molar-refractivity contribution in [3.05, 3.63) is 46.4 Å². The molecule has 0 radical (unpaired) electrons. The highest BCUT2D eigenvalue weighted by Gasteiger charge is 2.17. The summed E-state index contributed by atoms with van der Waals surface area (Å²) in [6, 6.07) is 7.81. The minimum atomic E-state index is -0.272. The summed E-state index contributed by atoms with van der Waals surface area (Å²) in [5.41, 5.74) is 2.12. The summed E-state index contributed by atoms with van der Waals surface area (Å²) in [5.74, 6) is 0.0511. The van der Waals surface area contributed by atoms with E-state index in [1.54, 1.807) is 4.68 Å². The molecule has 1 amide bonds. The number of carbonyl (C=O) groups is 1. The highest BCUT2D eigenvalue weighted by Crippen LogP contribution is 2.18. The van der Waals surface area contributed by atoms with Crippen LogP contribution in [-0.2, 0) is 9.53 Å². The number of fused-ring (bicyclic) bond motifs is 1. The molecule has 0 aliphatic carbocycles. The van der Waals surface area contributed by atoms with Crippen LogP contribution in [0.2, 0.25) is 0 Å². The van der Waals surface area contributed by atoms with Crippen molar-refractivity contribution < 1.29 is 9.53 Å². The SMILES string of the molecule is Cc1cccc(-n2ncc3c(=O)[nH]c(SCC(=O)NCC4CCCO4)nc32)c1. The Hall–Kier alpha value is -2.65. The average molecular weight is 399 g/mol. The van der Waals surface area contributed by atoms with E-state index in [1.165, 1.54) is 18.0 Å². The number of benzene rings is 1. The van der Waals surface area contributed by atoms with Crippen molar-refractivity contribution >= 4 is 28.7 Å². The predicted octanol–water partition coefficient (Wildman–Crippen LogP) is 1.80. The Morgan fingerprint density at radius 1 is 1.46 bits per heavy atom. The van der Waals surface area contributed by atoms with Crippen LogP contribution in [0.3, 0.4) is 0 Å². The van der Waals surface area contributed by atoms with Gasteiger partial charge < -0.3 is 15.0 Å². The van der Waals surface area contributed by atoms with Gasteiger partial charge in [0.05, 0.1) is 23.7 Å². The summed E-state index contributed by atoms with van der Waals surface area (Å²) in [5, 5.41) is 7.97. The monoisotopic (exact) mass is 399 g/mol. The molecule has 8 nitrogen and oxygen atoms in total. The standard InChI is InChI=1S/C19H21N5O3S/c1-12-4-2-5-13(8-12)24-17-15(10-21-24)18(26)23-19(22-17)28-11-16(25)20-9-14-6-3-7-27-14/h2,4-5,8,10,14H,3,6-7,9,11H2,1H3,(H,20,25)(H,22,23,26). The summed E-state index contributed by atoms with van der Waals surface area (Å²) >= 11 is 1.19. The van der Waals surface area contributed by atoms with Crippen LogP contribution in [0, 0.1) is 6.92 Å². The first kappa shape index (κ1) is 18.7. The van der Waals surface area contributed by atoms with E-state index in [0.29, 0.717) is 22.7 Å². The molecule has 3 heterocycles. The first-order chi connectivity index (χ1) is 13.6. The molecule has 1 fully saturated rings. The zero-order chi connectivity index (χ0) is 19.5. The highest BCUT2D eigenvalue weighted by molar-refractivity contribution is 7.99. The molecule has 1 aliphatic rings. The van der Waals surface area contributed by atoms with E-state index < -0.39 is 0 Å². The van der Waals surface area contributed by atoms with Crippen LogP contribution in [-0.4, -0.2) is 50.7 Å². The quantitative estimate of drug-likeness (QED) is 0.484. The maximum absolute atomic E-state index is 12.4. The molecule has 1 aliphatic heterocycles. The lowest BCUT2D eigenvalue weighted by molar-refractivity contribution is -0.119. The van der Waals surface area contributed by atoms with Crippen LogP contribution in [0.4, 0.5) is 0 Å². The van der Waals surface area contributed by atoms with Crippen LogP contribution in [0.15, 0.2) is 40.4 Å². The molecule has 0 spiro atoms. The first-order valence-corrected chi connectivity index (χ1v) is 10.1. The molecule has 28 heavy (non-hydrogen) atoms. The number of hydrogen-bond acceptors (Lipinski definition) is 6. The number of ether oxygens (including phenoxy) is 1. The van der Waals surface area contributed by atoms with E-state index in [0.717, 1.165) is 30.7 Å². The van der Waals surface area contributed by atoms with E-state index in [9.17, 15) is 9.59 Å². The topological polar surface area (TPSA) is 102 Å². The summed E-state index contributed by atoms with van der Waals surface area (Å²) < 4.78 is 7.13. The number of hydrogen-bond donors (Lipinski definition) is 2. The third kappa shape index (κ3) is 4.10. The lowest BCUT2D eigenvalue weighted by atomic mass is 10.2. The number of aromatic nitrogens is 4. The van der Waals surface area contributed by atoms with Crippen LogP contribution >= 0.6 is 11.8 Å². The average Bonchev–Trinajstić information content (AvgIpc) is 3.34. The van der Waals surface area contributed by atoms with Gasteiger partial charge in [0.25, 0.3) is 5.56 Å². The maximum atomic E-state index is 12.4. The fourth-order valence-electron chi connectivity index (χ4n) is 3.13. The van der Waals surface area contributed by atoms with Gasteiger partial charge in [0, 0.05) is 13.2 Å². The molecule has 2 aromatic heterocycles. The van der Waals surface area contributed by atoms with Gasteiger partial charge in [0.15, 0.2) is 10.8 Å². The first-order valence-electron chi connectivity index (χ1n) is 9.16. The summed E-state index contributed by atoms with van der Waals surface area (Å²) in [6.45, 7) is 3.27. The number of H-pyrrole nitrogens is 1. The van der Waals surface area contributed by atoms with Crippen LogP contribution in [0.5, 0.6) is 0 Å². The predicted molar refractivity (Wildman–Crippen MR) is 107 cm³/mol. The van der Waals surface area contributed by atoms with Crippen molar-refractivity contribution in [1.82, 2.24) is 25.1 Å². The summed E-state index contributed by atoms with van der Waals surface area (Å²) in [6.07, 6.45) is 3.62. The van der Waals surface area contributed by atoms with Crippen molar-refractivity contribution in [3.63, 3.8) is 0 Å². The second-order valence-corrected chi connectivity index (χ2v) is 7.70. The number of carbonyl (C=O) groups excluding carboxylic acids is 1. The molecule has 146 valence electrons. The minimum absolute atomic E-state index is 0.104. The second-order valence-electron chi connectivity index (χ2n) is 6.73. The van der Waals surface area contributed by atoms with Crippen molar-refractivity contribution in [2.45, 2.75) is 31.0 Å². The van der Waals surface area contributed by atoms with Gasteiger partial charge in [-0.25, -0.2) is 9.67 Å². The van der Waals surface area contributed by atoms with Gasteiger partial charge in [0.1, 0.15) is 5.39 Å².